The molecular formula is C10H12N2O3S2. The molecule has 0 aliphatic carbocycles. The van der Waals surface area contributed by atoms with Gasteiger partial charge in [0.05, 0.1) is 18.1 Å². The van der Waals surface area contributed by atoms with E-state index in [4.69, 9.17) is 10.5 Å². The molecule has 1 fully saturated rings. The van der Waals surface area contributed by atoms with Crippen LogP contribution in [-0.2, 0) is 9.53 Å². The zero-order valence-corrected chi connectivity index (χ0v) is 10.7. The van der Waals surface area contributed by atoms with Crippen LogP contribution in [0.2, 0.25) is 0 Å². The van der Waals surface area contributed by atoms with E-state index in [9.17, 15) is 9.59 Å². The number of hydrogen-bond acceptors (Lipinski definition) is 5. The summed E-state index contributed by atoms with van der Waals surface area (Å²) in [5.74, 6) is -0.733. The number of primary amides is 1. The van der Waals surface area contributed by atoms with Gasteiger partial charge in [-0.25, -0.2) is 0 Å². The van der Waals surface area contributed by atoms with Crippen LogP contribution in [0.1, 0.15) is 9.67 Å². The molecule has 5 nitrogen and oxygen atoms in total. The van der Waals surface area contributed by atoms with Gasteiger partial charge in [-0.3, -0.25) is 9.59 Å². The van der Waals surface area contributed by atoms with Crippen molar-refractivity contribution in [3.05, 3.63) is 16.3 Å². The van der Waals surface area contributed by atoms with Crippen molar-refractivity contribution in [3.8, 4) is 0 Å². The lowest BCUT2D eigenvalue weighted by atomic mass is 10.2. The molecule has 0 aromatic carbocycles. The number of thiol groups is 1. The molecule has 1 atom stereocenters. The first-order chi connectivity index (χ1) is 8.09. The fourth-order valence-electron chi connectivity index (χ4n) is 1.66. The highest BCUT2D eigenvalue weighted by Gasteiger charge is 2.32. The number of carbonyl (C=O) groups is 2. The van der Waals surface area contributed by atoms with E-state index >= 15 is 0 Å². The molecule has 0 bridgehead atoms. The van der Waals surface area contributed by atoms with E-state index in [1.165, 1.54) is 16.2 Å². The van der Waals surface area contributed by atoms with Crippen LogP contribution in [0.5, 0.6) is 0 Å². The van der Waals surface area contributed by atoms with Crippen LogP contribution >= 0.6 is 24.0 Å². The molecule has 2 amide bonds. The summed E-state index contributed by atoms with van der Waals surface area (Å²) in [6.45, 7) is 0.973. The van der Waals surface area contributed by atoms with Crippen molar-refractivity contribution in [2.75, 3.05) is 19.8 Å². The number of rotatable bonds is 2. The maximum absolute atomic E-state index is 12.2. The minimum Gasteiger partial charge on any atom is -0.377 e. The van der Waals surface area contributed by atoms with Gasteiger partial charge in [-0.2, -0.15) is 0 Å². The Morgan fingerprint density at radius 3 is 2.94 bits per heavy atom. The standard InChI is InChI=1S/C10H12N2O3S2/c11-9(13)7-4-15-2-1-12(7)10(14)8-3-6(16)5-17-8/h3,5,7,16H,1-2,4H2,(H2,11,13). The van der Waals surface area contributed by atoms with Crippen LogP contribution in [0.4, 0.5) is 0 Å². The lowest BCUT2D eigenvalue weighted by molar-refractivity contribution is -0.127. The summed E-state index contributed by atoms with van der Waals surface area (Å²) in [7, 11) is 0. The van der Waals surface area contributed by atoms with Gasteiger partial charge in [0, 0.05) is 16.8 Å². The number of amides is 2. The normalized spacial score (nSPS) is 20.3. The zero-order chi connectivity index (χ0) is 12.4. The van der Waals surface area contributed by atoms with E-state index < -0.39 is 11.9 Å². The Bertz CT molecular complexity index is 447. The van der Waals surface area contributed by atoms with E-state index in [1.54, 1.807) is 11.4 Å². The molecule has 1 aromatic rings. The van der Waals surface area contributed by atoms with Crippen molar-refractivity contribution in [1.82, 2.24) is 4.90 Å². The highest BCUT2D eigenvalue weighted by atomic mass is 32.1. The van der Waals surface area contributed by atoms with Crippen LogP contribution in [0.25, 0.3) is 0 Å². The molecule has 1 saturated heterocycles. The predicted molar refractivity (Wildman–Crippen MR) is 66.4 cm³/mol. The molecule has 1 aromatic heterocycles. The molecule has 17 heavy (non-hydrogen) atoms. The topological polar surface area (TPSA) is 72.6 Å². The molecule has 2 rings (SSSR count). The molecule has 92 valence electrons. The van der Waals surface area contributed by atoms with Crippen molar-refractivity contribution in [2.45, 2.75) is 10.9 Å². The third-order valence-electron chi connectivity index (χ3n) is 2.51. The molecule has 1 aliphatic rings. The Kier molecular flexibility index (Phi) is 3.70. The molecule has 1 unspecified atom stereocenters. The summed E-state index contributed by atoms with van der Waals surface area (Å²) in [6, 6.07) is 1.01. The van der Waals surface area contributed by atoms with Crippen molar-refractivity contribution < 1.29 is 14.3 Å². The van der Waals surface area contributed by atoms with Crippen LogP contribution in [0, 0.1) is 0 Å². The van der Waals surface area contributed by atoms with E-state index in [2.05, 4.69) is 12.6 Å². The average molecular weight is 272 g/mol. The van der Waals surface area contributed by atoms with Crippen molar-refractivity contribution in [1.29, 1.82) is 0 Å². The molecule has 2 N–H and O–H groups in total. The SMILES string of the molecule is NC(=O)C1COCCN1C(=O)c1cc(S)cs1. The van der Waals surface area contributed by atoms with Gasteiger partial charge < -0.3 is 15.4 Å². The Hall–Kier alpha value is -1.05. The van der Waals surface area contributed by atoms with Crippen molar-refractivity contribution in [3.63, 3.8) is 0 Å². The molecule has 0 spiro atoms. The third-order valence-corrected chi connectivity index (χ3v) is 3.87. The molecular weight excluding hydrogens is 260 g/mol. The lowest BCUT2D eigenvalue weighted by Crippen LogP contribution is -2.54. The number of morpholine rings is 1. The highest BCUT2D eigenvalue weighted by Crippen LogP contribution is 2.21. The Labute approximate surface area is 108 Å². The Balaban J connectivity index is 2.19. The second-order valence-corrected chi connectivity index (χ2v) is 5.09. The summed E-state index contributed by atoms with van der Waals surface area (Å²) in [4.78, 5) is 26.2. The van der Waals surface area contributed by atoms with Gasteiger partial charge in [-0.1, -0.05) is 0 Å². The largest absolute Gasteiger partial charge is 0.377 e. The molecule has 0 saturated carbocycles. The third kappa shape index (κ3) is 2.62. The van der Waals surface area contributed by atoms with Crippen LogP contribution in [0.15, 0.2) is 16.3 Å². The average Bonchev–Trinajstić information content (AvgIpc) is 2.75. The fraction of sp³-hybridized carbons (Fsp3) is 0.400. The molecule has 0 radical (unpaired) electrons. The second-order valence-electron chi connectivity index (χ2n) is 3.66. The predicted octanol–water partition coefficient (Wildman–Crippen LogP) is 0.363. The minimum absolute atomic E-state index is 0.167. The van der Waals surface area contributed by atoms with Crippen molar-refractivity contribution in [2.24, 2.45) is 5.73 Å². The van der Waals surface area contributed by atoms with E-state index in [0.29, 0.717) is 18.0 Å². The number of thiophene rings is 1. The first-order valence-corrected chi connectivity index (χ1v) is 6.38. The maximum Gasteiger partial charge on any atom is 0.264 e. The van der Waals surface area contributed by atoms with E-state index in [1.807, 2.05) is 0 Å². The number of hydrogen-bond donors (Lipinski definition) is 2. The lowest BCUT2D eigenvalue weighted by Gasteiger charge is -2.33. The quantitative estimate of drug-likeness (QED) is 0.764. The molecule has 1 aliphatic heterocycles. The molecule has 7 heteroatoms. The highest BCUT2D eigenvalue weighted by molar-refractivity contribution is 7.80. The summed E-state index contributed by atoms with van der Waals surface area (Å²) < 4.78 is 5.16. The Morgan fingerprint density at radius 1 is 1.59 bits per heavy atom. The van der Waals surface area contributed by atoms with E-state index in [0.717, 1.165) is 4.90 Å². The monoisotopic (exact) mass is 272 g/mol. The smallest absolute Gasteiger partial charge is 0.264 e. The summed E-state index contributed by atoms with van der Waals surface area (Å²) >= 11 is 5.45. The fourth-order valence-corrected chi connectivity index (χ4v) is 2.77. The number of ether oxygens (including phenoxy) is 1. The Morgan fingerprint density at radius 2 is 2.35 bits per heavy atom. The number of carbonyl (C=O) groups excluding carboxylic acids is 2. The van der Waals surface area contributed by atoms with Gasteiger partial charge in [0.25, 0.3) is 5.91 Å². The van der Waals surface area contributed by atoms with Crippen LogP contribution < -0.4 is 5.73 Å². The first-order valence-electron chi connectivity index (χ1n) is 5.05. The van der Waals surface area contributed by atoms with Gasteiger partial charge >= 0.3 is 0 Å². The second kappa shape index (κ2) is 5.07. The number of nitrogens with two attached hydrogens (primary N) is 1. The van der Waals surface area contributed by atoms with Gasteiger partial charge in [0.15, 0.2) is 0 Å². The van der Waals surface area contributed by atoms with Crippen molar-refractivity contribution >= 4 is 35.8 Å². The summed E-state index contributed by atoms with van der Waals surface area (Å²) in [5.41, 5.74) is 5.25. The van der Waals surface area contributed by atoms with E-state index in [-0.39, 0.29) is 12.5 Å². The van der Waals surface area contributed by atoms with Crippen LogP contribution in [0.3, 0.4) is 0 Å². The summed E-state index contributed by atoms with van der Waals surface area (Å²) in [5, 5.41) is 1.77. The maximum atomic E-state index is 12.2. The van der Waals surface area contributed by atoms with Gasteiger partial charge in [-0.05, 0) is 6.07 Å². The zero-order valence-electron chi connectivity index (χ0n) is 8.96. The summed E-state index contributed by atoms with van der Waals surface area (Å²) in [6.07, 6.45) is 0. The van der Waals surface area contributed by atoms with Crippen LogP contribution in [-0.4, -0.2) is 42.5 Å². The molecule has 2 heterocycles. The van der Waals surface area contributed by atoms with Gasteiger partial charge in [0.2, 0.25) is 5.91 Å². The van der Waals surface area contributed by atoms with Gasteiger partial charge in [0.1, 0.15) is 6.04 Å². The minimum atomic E-state index is -0.679. The van der Waals surface area contributed by atoms with Gasteiger partial charge in [-0.15, -0.1) is 24.0 Å². The first kappa shape index (κ1) is 12.4. The number of nitrogens with zero attached hydrogens (tertiary/aromatic N) is 1.